The zero-order valence-corrected chi connectivity index (χ0v) is 10.1. The van der Waals surface area contributed by atoms with Crippen molar-refractivity contribution in [3.05, 3.63) is 0 Å². The zero-order chi connectivity index (χ0) is 11.5. The van der Waals surface area contributed by atoms with Gasteiger partial charge in [0.25, 0.3) is 0 Å². The van der Waals surface area contributed by atoms with Crippen molar-refractivity contribution in [1.82, 2.24) is 4.90 Å². The van der Waals surface area contributed by atoms with Gasteiger partial charge < -0.3 is 9.47 Å². The first-order chi connectivity index (χ1) is 6.94. The SMILES string of the molecule is CC(C)OC(=O)C(C)(C)N1CCOCC1. The molecular formula is C11H21NO3. The predicted molar refractivity (Wildman–Crippen MR) is 57.7 cm³/mol. The van der Waals surface area contributed by atoms with E-state index in [1.54, 1.807) is 0 Å². The number of carbonyl (C=O) groups excluding carboxylic acids is 1. The number of morpholine rings is 1. The lowest BCUT2D eigenvalue weighted by Gasteiger charge is -2.38. The molecule has 4 heteroatoms. The smallest absolute Gasteiger partial charge is 0.326 e. The van der Waals surface area contributed by atoms with Crippen molar-refractivity contribution >= 4 is 5.97 Å². The number of nitrogens with zero attached hydrogens (tertiary/aromatic N) is 1. The molecule has 0 aromatic rings. The zero-order valence-electron chi connectivity index (χ0n) is 10.1. The number of ether oxygens (including phenoxy) is 2. The standard InChI is InChI=1S/C11H21NO3/c1-9(2)15-10(13)11(3,4)12-5-7-14-8-6-12/h9H,5-8H2,1-4H3. The second-order valence-electron chi connectivity index (χ2n) is 4.61. The van der Waals surface area contributed by atoms with E-state index in [1.165, 1.54) is 0 Å². The molecule has 0 spiro atoms. The minimum absolute atomic E-state index is 0.0576. The van der Waals surface area contributed by atoms with Gasteiger partial charge in [-0.05, 0) is 27.7 Å². The summed E-state index contributed by atoms with van der Waals surface area (Å²) in [5.74, 6) is -0.153. The Morgan fingerprint density at radius 2 is 1.87 bits per heavy atom. The Morgan fingerprint density at radius 1 is 1.33 bits per heavy atom. The van der Waals surface area contributed by atoms with Gasteiger partial charge in [-0.3, -0.25) is 9.69 Å². The lowest BCUT2D eigenvalue weighted by molar-refractivity contribution is -0.162. The molecule has 1 aliphatic heterocycles. The van der Waals surface area contributed by atoms with Crippen LogP contribution in [-0.4, -0.2) is 48.8 Å². The Morgan fingerprint density at radius 3 is 2.33 bits per heavy atom. The van der Waals surface area contributed by atoms with Crippen molar-refractivity contribution < 1.29 is 14.3 Å². The fraction of sp³-hybridized carbons (Fsp3) is 0.909. The first-order valence-corrected chi connectivity index (χ1v) is 5.48. The summed E-state index contributed by atoms with van der Waals surface area (Å²) in [5.41, 5.74) is -0.548. The lowest BCUT2D eigenvalue weighted by atomic mass is 10.0. The summed E-state index contributed by atoms with van der Waals surface area (Å²) in [6.07, 6.45) is -0.0576. The monoisotopic (exact) mass is 215 g/mol. The maximum atomic E-state index is 11.9. The fourth-order valence-electron chi connectivity index (χ4n) is 1.61. The Labute approximate surface area is 91.5 Å². The maximum Gasteiger partial charge on any atom is 0.326 e. The van der Waals surface area contributed by atoms with Gasteiger partial charge in [0.15, 0.2) is 0 Å². The first-order valence-electron chi connectivity index (χ1n) is 5.48. The van der Waals surface area contributed by atoms with Gasteiger partial charge in [-0.2, -0.15) is 0 Å². The number of carbonyl (C=O) groups is 1. The van der Waals surface area contributed by atoms with Gasteiger partial charge in [0.1, 0.15) is 5.54 Å². The van der Waals surface area contributed by atoms with Gasteiger partial charge in [-0.25, -0.2) is 0 Å². The third kappa shape index (κ3) is 3.18. The number of hydrogen-bond acceptors (Lipinski definition) is 4. The molecule has 1 heterocycles. The normalized spacial score (nSPS) is 19.3. The largest absolute Gasteiger partial charge is 0.462 e. The van der Waals surface area contributed by atoms with Gasteiger partial charge >= 0.3 is 5.97 Å². The lowest BCUT2D eigenvalue weighted by Crippen LogP contribution is -2.55. The maximum absolute atomic E-state index is 11.9. The number of hydrogen-bond donors (Lipinski definition) is 0. The van der Waals surface area contributed by atoms with Crippen molar-refractivity contribution in [1.29, 1.82) is 0 Å². The Hall–Kier alpha value is -0.610. The van der Waals surface area contributed by atoms with Crippen LogP contribution in [0.25, 0.3) is 0 Å². The molecule has 0 unspecified atom stereocenters. The Balaban J connectivity index is 2.58. The van der Waals surface area contributed by atoms with Gasteiger partial charge in [-0.1, -0.05) is 0 Å². The highest BCUT2D eigenvalue weighted by Gasteiger charge is 2.37. The molecular weight excluding hydrogens is 194 g/mol. The second kappa shape index (κ2) is 4.94. The van der Waals surface area contributed by atoms with E-state index in [2.05, 4.69) is 4.90 Å². The second-order valence-corrected chi connectivity index (χ2v) is 4.61. The van der Waals surface area contributed by atoms with E-state index in [4.69, 9.17) is 9.47 Å². The molecule has 0 bridgehead atoms. The van der Waals surface area contributed by atoms with Crippen LogP contribution in [-0.2, 0) is 14.3 Å². The highest BCUT2D eigenvalue weighted by Crippen LogP contribution is 2.18. The molecule has 0 radical (unpaired) electrons. The highest BCUT2D eigenvalue weighted by molar-refractivity contribution is 5.80. The summed E-state index contributed by atoms with van der Waals surface area (Å²) in [6.45, 7) is 10.5. The summed E-state index contributed by atoms with van der Waals surface area (Å²) in [5, 5.41) is 0. The summed E-state index contributed by atoms with van der Waals surface area (Å²) < 4.78 is 10.5. The van der Waals surface area contributed by atoms with Gasteiger partial charge in [0, 0.05) is 13.1 Å². The van der Waals surface area contributed by atoms with Crippen LogP contribution in [0.2, 0.25) is 0 Å². The van der Waals surface area contributed by atoms with E-state index < -0.39 is 5.54 Å². The Kier molecular flexibility index (Phi) is 4.11. The molecule has 0 aliphatic carbocycles. The molecule has 88 valence electrons. The van der Waals surface area contributed by atoms with E-state index in [1.807, 2.05) is 27.7 Å². The molecule has 0 N–H and O–H groups in total. The van der Waals surface area contributed by atoms with Crippen LogP contribution in [0.3, 0.4) is 0 Å². The van der Waals surface area contributed by atoms with Gasteiger partial charge in [-0.15, -0.1) is 0 Å². The fourth-order valence-corrected chi connectivity index (χ4v) is 1.61. The molecule has 1 saturated heterocycles. The van der Waals surface area contributed by atoms with Crippen LogP contribution < -0.4 is 0 Å². The summed E-state index contributed by atoms with van der Waals surface area (Å²) in [7, 11) is 0. The van der Waals surface area contributed by atoms with Gasteiger partial charge in [0.2, 0.25) is 0 Å². The number of esters is 1. The molecule has 1 aliphatic rings. The van der Waals surface area contributed by atoms with Crippen LogP contribution in [0.4, 0.5) is 0 Å². The molecule has 0 saturated carbocycles. The molecule has 0 aromatic carbocycles. The molecule has 15 heavy (non-hydrogen) atoms. The van der Waals surface area contributed by atoms with Crippen molar-refractivity contribution in [2.75, 3.05) is 26.3 Å². The molecule has 0 aromatic heterocycles. The number of rotatable bonds is 3. The average molecular weight is 215 g/mol. The average Bonchev–Trinajstić information content (AvgIpc) is 2.18. The van der Waals surface area contributed by atoms with E-state index in [9.17, 15) is 4.79 Å². The minimum atomic E-state index is -0.548. The first kappa shape index (κ1) is 12.5. The highest BCUT2D eigenvalue weighted by atomic mass is 16.5. The molecule has 0 amide bonds. The molecule has 0 atom stereocenters. The van der Waals surface area contributed by atoms with Crippen LogP contribution in [0.15, 0.2) is 0 Å². The summed E-state index contributed by atoms with van der Waals surface area (Å²) in [4.78, 5) is 14.0. The van der Waals surface area contributed by atoms with Crippen LogP contribution >= 0.6 is 0 Å². The third-order valence-electron chi connectivity index (χ3n) is 2.64. The van der Waals surface area contributed by atoms with Crippen molar-refractivity contribution in [3.8, 4) is 0 Å². The Bertz CT molecular complexity index is 220. The van der Waals surface area contributed by atoms with E-state index in [0.29, 0.717) is 13.2 Å². The predicted octanol–water partition coefficient (Wildman–Crippen LogP) is 1.05. The summed E-state index contributed by atoms with van der Waals surface area (Å²) in [6, 6.07) is 0. The van der Waals surface area contributed by atoms with Crippen molar-refractivity contribution in [3.63, 3.8) is 0 Å². The summed E-state index contributed by atoms with van der Waals surface area (Å²) >= 11 is 0. The molecule has 1 rings (SSSR count). The minimum Gasteiger partial charge on any atom is -0.462 e. The quantitative estimate of drug-likeness (QED) is 0.660. The van der Waals surface area contributed by atoms with E-state index >= 15 is 0 Å². The van der Waals surface area contributed by atoms with Crippen LogP contribution in [0.5, 0.6) is 0 Å². The van der Waals surface area contributed by atoms with Crippen molar-refractivity contribution in [2.24, 2.45) is 0 Å². The topological polar surface area (TPSA) is 38.8 Å². The third-order valence-corrected chi connectivity index (χ3v) is 2.64. The molecule has 1 fully saturated rings. The molecule has 4 nitrogen and oxygen atoms in total. The van der Waals surface area contributed by atoms with Crippen LogP contribution in [0.1, 0.15) is 27.7 Å². The van der Waals surface area contributed by atoms with Gasteiger partial charge in [0.05, 0.1) is 19.3 Å². The van der Waals surface area contributed by atoms with Crippen LogP contribution in [0, 0.1) is 0 Å². The van der Waals surface area contributed by atoms with Crippen molar-refractivity contribution in [2.45, 2.75) is 39.3 Å². The van der Waals surface area contributed by atoms with E-state index in [-0.39, 0.29) is 12.1 Å². The van der Waals surface area contributed by atoms with E-state index in [0.717, 1.165) is 13.1 Å².